The number of hydrogen-bond donors (Lipinski definition) is 3. The Morgan fingerprint density at radius 2 is 1.87 bits per heavy atom. The standard InChI is InChI=1S/C25H25BrF3N5O4S/c1-4-7-19-32-23(30-2)21(24(35)31-3)34(19)13-14-10-11-18-16(12-14)20(26)22(38-18)15-8-5-6-9-17(15)33-39(36,37)25(27,28)29/h5-6,8-12,30,33H,4,7,13H2,1-3H3,(H,31,35). The first kappa shape index (κ1) is 28.5. The van der Waals surface area contributed by atoms with Gasteiger partial charge >= 0.3 is 15.5 Å². The summed E-state index contributed by atoms with van der Waals surface area (Å²) in [6, 6.07) is 11.0. The average molecular weight is 628 g/mol. The highest BCUT2D eigenvalue weighted by atomic mass is 79.9. The number of rotatable bonds is 9. The Kier molecular flexibility index (Phi) is 7.98. The van der Waals surface area contributed by atoms with Gasteiger partial charge in [0.15, 0.2) is 17.3 Å². The molecule has 0 saturated carbocycles. The second-order valence-corrected chi connectivity index (χ2v) is 11.0. The lowest BCUT2D eigenvalue weighted by Crippen LogP contribution is -2.30. The lowest BCUT2D eigenvalue weighted by atomic mass is 10.1. The second kappa shape index (κ2) is 10.9. The summed E-state index contributed by atoms with van der Waals surface area (Å²) in [4.78, 5) is 17.3. The van der Waals surface area contributed by atoms with E-state index in [1.165, 1.54) is 18.2 Å². The van der Waals surface area contributed by atoms with Gasteiger partial charge in [-0.15, -0.1) is 0 Å². The van der Waals surface area contributed by atoms with Gasteiger partial charge in [0, 0.05) is 38.0 Å². The summed E-state index contributed by atoms with van der Waals surface area (Å²) in [6.07, 6.45) is 1.47. The molecule has 0 fully saturated rings. The number of amides is 1. The first-order chi connectivity index (χ1) is 18.4. The first-order valence-electron chi connectivity index (χ1n) is 11.8. The third-order valence-corrected chi connectivity index (χ3v) is 7.84. The van der Waals surface area contributed by atoms with Gasteiger partial charge in [-0.1, -0.05) is 25.1 Å². The van der Waals surface area contributed by atoms with Crippen LogP contribution in [0.3, 0.4) is 0 Å². The van der Waals surface area contributed by atoms with Crippen LogP contribution in [0, 0.1) is 0 Å². The second-order valence-electron chi connectivity index (χ2n) is 8.56. The maximum atomic E-state index is 13.0. The Balaban J connectivity index is 1.78. The van der Waals surface area contributed by atoms with Crippen molar-refractivity contribution in [1.29, 1.82) is 0 Å². The number of nitrogens with one attached hydrogen (secondary N) is 3. The van der Waals surface area contributed by atoms with E-state index in [0.29, 0.717) is 39.9 Å². The van der Waals surface area contributed by atoms with E-state index < -0.39 is 15.5 Å². The number of benzene rings is 2. The van der Waals surface area contributed by atoms with Crippen molar-refractivity contribution in [3.05, 3.63) is 64.0 Å². The Morgan fingerprint density at radius 1 is 1.15 bits per heavy atom. The lowest BCUT2D eigenvalue weighted by molar-refractivity contribution is -0.0429. The van der Waals surface area contributed by atoms with Crippen LogP contribution in [0.2, 0.25) is 0 Å². The van der Waals surface area contributed by atoms with Crippen molar-refractivity contribution < 1.29 is 30.8 Å². The number of sulfonamides is 1. The SMILES string of the molecule is CCCc1nc(NC)c(C(=O)NC)n1Cc1ccc2oc(-c3ccccc3NS(=O)(=O)C(F)(F)F)c(Br)c2c1. The topological polar surface area (TPSA) is 118 Å². The van der Waals surface area contributed by atoms with E-state index in [1.807, 2.05) is 23.6 Å². The molecule has 2 aromatic heterocycles. The Bertz CT molecular complexity index is 1650. The highest BCUT2D eigenvalue weighted by Gasteiger charge is 2.46. The molecular weight excluding hydrogens is 603 g/mol. The zero-order valence-electron chi connectivity index (χ0n) is 21.1. The van der Waals surface area contributed by atoms with Crippen LogP contribution in [-0.2, 0) is 23.0 Å². The summed E-state index contributed by atoms with van der Waals surface area (Å²) in [5, 5.41) is 6.23. The molecule has 0 aliphatic carbocycles. The van der Waals surface area contributed by atoms with Crippen molar-refractivity contribution in [2.75, 3.05) is 24.1 Å². The molecule has 3 N–H and O–H groups in total. The van der Waals surface area contributed by atoms with Crippen molar-refractivity contribution in [3.63, 3.8) is 0 Å². The number of anilines is 2. The van der Waals surface area contributed by atoms with E-state index in [4.69, 9.17) is 4.42 Å². The maximum absolute atomic E-state index is 13.0. The fraction of sp³-hybridized carbons (Fsp3) is 0.280. The van der Waals surface area contributed by atoms with Crippen LogP contribution in [-0.4, -0.2) is 43.5 Å². The van der Waals surface area contributed by atoms with Crippen molar-refractivity contribution >= 4 is 54.3 Å². The molecule has 0 unspecified atom stereocenters. The third kappa shape index (κ3) is 5.48. The molecule has 4 rings (SSSR count). The van der Waals surface area contributed by atoms with Crippen molar-refractivity contribution in [1.82, 2.24) is 14.9 Å². The number of carbonyl (C=O) groups excluding carboxylic acids is 1. The molecule has 0 radical (unpaired) electrons. The van der Waals surface area contributed by atoms with Crippen LogP contribution >= 0.6 is 15.9 Å². The molecule has 0 atom stereocenters. The first-order valence-corrected chi connectivity index (χ1v) is 14.1. The molecule has 2 aromatic carbocycles. The van der Waals surface area contributed by atoms with Crippen LogP contribution in [0.5, 0.6) is 0 Å². The van der Waals surface area contributed by atoms with E-state index in [1.54, 1.807) is 31.0 Å². The zero-order chi connectivity index (χ0) is 28.5. The minimum Gasteiger partial charge on any atom is -0.455 e. The predicted octanol–water partition coefficient (Wildman–Crippen LogP) is 5.72. The normalized spacial score (nSPS) is 12.1. The molecule has 0 aliphatic rings. The number of fused-ring (bicyclic) bond motifs is 1. The fourth-order valence-corrected chi connectivity index (χ4v) is 5.34. The number of furan rings is 1. The maximum Gasteiger partial charge on any atom is 0.516 e. The van der Waals surface area contributed by atoms with Gasteiger partial charge in [-0.05, 0) is 52.2 Å². The molecule has 39 heavy (non-hydrogen) atoms. The molecule has 14 heteroatoms. The summed E-state index contributed by atoms with van der Waals surface area (Å²) in [5.41, 5.74) is -4.02. The zero-order valence-corrected chi connectivity index (χ0v) is 23.5. The molecule has 9 nitrogen and oxygen atoms in total. The van der Waals surface area contributed by atoms with Gasteiger partial charge in [0.05, 0.1) is 10.2 Å². The van der Waals surface area contributed by atoms with Crippen LogP contribution in [0.15, 0.2) is 51.4 Å². The van der Waals surface area contributed by atoms with Crippen LogP contribution in [0.1, 0.15) is 35.2 Å². The van der Waals surface area contributed by atoms with Crippen molar-refractivity contribution in [2.24, 2.45) is 0 Å². The Hall–Kier alpha value is -3.52. The molecule has 0 saturated heterocycles. The predicted molar refractivity (Wildman–Crippen MR) is 146 cm³/mol. The number of hydrogen-bond acceptors (Lipinski definition) is 6. The molecule has 2 heterocycles. The van der Waals surface area contributed by atoms with E-state index >= 15 is 0 Å². The van der Waals surface area contributed by atoms with Crippen LogP contribution in [0.4, 0.5) is 24.7 Å². The molecular formula is C25H25BrF3N5O4S. The number of nitrogens with zero attached hydrogens (tertiary/aromatic N) is 2. The molecule has 208 valence electrons. The lowest BCUT2D eigenvalue weighted by Gasteiger charge is -2.13. The summed E-state index contributed by atoms with van der Waals surface area (Å²) >= 11 is 3.48. The number of alkyl halides is 3. The molecule has 4 aromatic rings. The van der Waals surface area contributed by atoms with Crippen LogP contribution in [0.25, 0.3) is 22.3 Å². The summed E-state index contributed by atoms with van der Waals surface area (Å²) in [5.74, 6) is 1.06. The Morgan fingerprint density at radius 3 is 2.51 bits per heavy atom. The van der Waals surface area contributed by atoms with E-state index in [0.717, 1.165) is 17.8 Å². The quantitative estimate of drug-likeness (QED) is 0.218. The van der Waals surface area contributed by atoms with Gasteiger partial charge in [-0.3, -0.25) is 9.52 Å². The van der Waals surface area contributed by atoms with Crippen molar-refractivity contribution in [3.8, 4) is 11.3 Å². The number of aryl methyl sites for hydroxylation is 1. The monoisotopic (exact) mass is 627 g/mol. The van der Waals surface area contributed by atoms with E-state index in [9.17, 15) is 26.4 Å². The fourth-order valence-electron chi connectivity index (χ4n) is 4.15. The molecule has 1 amide bonds. The van der Waals surface area contributed by atoms with Gasteiger partial charge in [0.2, 0.25) is 0 Å². The largest absolute Gasteiger partial charge is 0.516 e. The minimum absolute atomic E-state index is 0.121. The van der Waals surface area contributed by atoms with Gasteiger partial charge in [-0.25, -0.2) is 4.98 Å². The van der Waals surface area contributed by atoms with E-state index in [-0.39, 0.29) is 22.9 Å². The minimum atomic E-state index is -5.64. The van der Waals surface area contributed by atoms with E-state index in [2.05, 4.69) is 31.5 Å². The van der Waals surface area contributed by atoms with Gasteiger partial charge in [0.25, 0.3) is 5.91 Å². The van der Waals surface area contributed by atoms with Crippen molar-refractivity contribution in [2.45, 2.75) is 31.8 Å². The number of carbonyl (C=O) groups is 1. The molecule has 0 bridgehead atoms. The van der Waals surface area contributed by atoms with Crippen LogP contribution < -0.4 is 15.4 Å². The third-order valence-electron chi connectivity index (χ3n) is 5.95. The highest BCUT2D eigenvalue weighted by molar-refractivity contribution is 9.10. The number of imidazole rings is 1. The molecule has 0 spiro atoms. The van der Waals surface area contributed by atoms with Gasteiger partial charge < -0.3 is 19.6 Å². The molecule has 0 aliphatic heterocycles. The summed E-state index contributed by atoms with van der Waals surface area (Å²) in [6.45, 7) is 2.33. The van der Waals surface area contributed by atoms with Gasteiger partial charge in [-0.2, -0.15) is 21.6 Å². The smallest absolute Gasteiger partial charge is 0.455 e. The number of para-hydroxylation sites is 1. The average Bonchev–Trinajstić information content (AvgIpc) is 3.40. The Labute approximate surface area is 231 Å². The number of aromatic nitrogens is 2. The number of halogens is 4. The summed E-state index contributed by atoms with van der Waals surface area (Å²) in [7, 11) is -2.41. The highest BCUT2D eigenvalue weighted by Crippen LogP contribution is 2.42. The van der Waals surface area contributed by atoms with Gasteiger partial charge in [0.1, 0.15) is 11.4 Å². The summed E-state index contributed by atoms with van der Waals surface area (Å²) < 4.78 is 72.3.